The van der Waals surface area contributed by atoms with E-state index < -0.39 is 5.82 Å². The van der Waals surface area contributed by atoms with Gasteiger partial charge in [0.2, 0.25) is 5.13 Å². The van der Waals surface area contributed by atoms with Crippen molar-refractivity contribution in [2.75, 3.05) is 31.5 Å². The largest absolute Gasteiger partial charge is 0.335 e. The molecule has 1 saturated heterocycles. The number of carbonyl (C=O) groups excluding carboxylic acids is 2. The van der Waals surface area contributed by atoms with Crippen LogP contribution in [-0.4, -0.2) is 57.3 Å². The van der Waals surface area contributed by atoms with Gasteiger partial charge in [-0.1, -0.05) is 36.4 Å². The molecule has 0 unspecified atom stereocenters. The number of aromatic nitrogens is 2. The molecule has 148 valence electrons. The molecule has 3 aromatic rings. The number of carbonyl (C=O) groups is 2. The molecule has 2 heterocycles. The number of urea groups is 1. The maximum absolute atomic E-state index is 13.3. The van der Waals surface area contributed by atoms with E-state index in [1.807, 2.05) is 30.3 Å². The summed E-state index contributed by atoms with van der Waals surface area (Å²) in [6.45, 7) is 1.54. The summed E-state index contributed by atoms with van der Waals surface area (Å²) in [6, 6.07) is 14.9. The zero-order valence-electron chi connectivity index (χ0n) is 15.4. The smallest absolute Gasteiger partial charge is 0.323 e. The second kappa shape index (κ2) is 8.36. The standard InChI is InChI=1S/C20H18FN5O2S/c21-16-8-4-7-15(13-16)18(27)25-9-11-26(12-10-25)20(28)23-19-22-17(24-29-19)14-5-2-1-3-6-14/h1-8,13H,9-12H2,(H,22,23,24,28). The zero-order valence-corrected chi connectivity index (χ0v) is 16.2. The van der Waals surface area contributed by atoms with Crippen LogP contribution in [0.25, 0.3) is 11.4 Å². The van der Waals surface area contributed by atoms with E-state index in [-0.39, 0.29) is 11.9 Å². The van der Waals surface area contributed by atoms with Crippen LogP contribution in [0.15, 0.2) is 54.6 Å². The van der Waals surface area contributed by atoms with Gasteiger partial charge in [-0.25, -0.2) is 9.18 Å². The van der Waals surface area contributed by atoms with Crippen LogP contribution in [0.5, 0.6) is 0 Å². The van der Waals surface area contributed by atoms with Crippen LogP contribution >= 0.6 is 11.5 Å². The Labute approximate surface area is 171 Å². The van der Waals surface area contributed by atoms with E-state index in [0.717, 1.165) is 17.1 Å². The van der Waals surface area contributed by atoms with Crippen molar-refractivity contribution in [3.63, 3.8) is 0 Å². The average molecular weight is 411 g/mol. The lowest BCUT2D eigenvalue weighted by molar-refractivity contribution is 0.0671. The number of rotatable bonds is 3. The highest BCUT2D eigenvalue weighted by molar-refractivity contribution is 7.10. The van der Waals surface area contributed by atoms with E-state index in [9.17, 15) is 14.0 Å². The first kappa shape index (κ1) is 19.0. The molecule has 1 aromatic heterocycles. The fourth-order valence-corrected chi connectivity index (χ4v) is 3.65. The molecule has 0 atom stereocenters. The summed E-state index contributed by atoms with van der Waals surface area (Å²) in [4.78, 5) is 32.6. The van der Waals surface area contributed by atoms with Crippen molar-refractivity contribution >= 4 is 28.6 Å². The molecule has 29 heavy (non-hydrogen) atoms. The quantitative estimate of drug-likeness (QED) is 0.717. The molecule has 0 aliphatic carbocycles. The van der Waals surface area contributed by atoms with Crippen molar-refractivity contribution in [3.8, 4) is 11.4 Å². The van der Waals surface area contributed by atoms with Crippen molar-refractivity contribution in [1.29, 1.82) is 0 Å². The summed E-state index contributed by atoms with van der Waals surface area (Å²) in [5.41, 5.74) is 1.19. The predicted octanol–water partition coefficient (Wildman–Crippen LogP) is 3.33. The van der Waals surface area contributed by atoms with Crippen LogP contribution in [0, 0.1) is 5.82 Å². The molecule has 1 aliphatic heterocycles. The van der Waals surface area contributed by atoms with Gasteiger partial charge in [-0.2, -0.15) is 9.36 Å². The molecular weight excluding hydrogens is 393 g/mol. The first-order valence-corrected chi connectivity index (χ1v) is 9.87. The van der Waals surface area contributed by atoms with Gasteiger partial charge in [0.15, 0.2) is 5.82 Å². The molecule has 0 saturated carbocycles. The summed E-state index contributed by atoms with van der Waals surface area (Å²) in [5, 5.41) is 3.19. The van der Waals surface area contributed by atoms with Gasteiger partial charge in [-0.05, 0) is 18.2 Å². The highest BCUT2D eigenvalue weighted by atomic mass is 32.1. The maximum atomic E-state index is 13.3. The minimum absolute atomic E-state index is 0.235. The monoisotopic (exact) mass is 411 g/mol. The first-order chi connectivity index (χ1) is 14.1. The molecular formula is C20H18FN5O2S. The Kier molecular flexibility index (Phi) is 5.48. The fraction of sp³-hybridized carbons (Fsp3) is 0.200. The molecule has 0 radical (unpaired) electrons. The highest BCUT2D eigenvalue weighted by Crippen LogP contribution is 2.21. The normalized spacial score (nSPS) is 14.0. The third-order valence-electron chi connectivity index (χ3n) is 4.60. The minimum Gasteiger partial charge on any atom is -0.335 e. The lowest BCUT2D eigenvalue weighted by atomic mass is 10.2. The Bertz CT molecular complexity index is 1020. The van der Waals surface area contributed by atoms with Gasteiger partial charge in [-0.15, -0.1) is 0 Å². The Hall–Kier alpha value is -3.33. The van der Waals surface area contributed by atoms with Crippen LogP contribution in [0.1, 0.15) is 10.4 Å². The van der Waals surface area contributed by atoms with Gasteiger partial charge in [0.25, 0.3) is 5.91 Å². The highest BCUT2D eigenvalue weighted by Gasteiger charge is 2.25. The van der Waals surface area contributed by atoms with Gasteiger partial charge in [0.05, 0.1) is 0 Å². The van der Waals surface area contributed by atoms with Gasteiger partial charge in [0.1, 0.15) is 5.82 Å². The molecule has 0 spiro atoms. The van der Waals surface area contributed by atoms with E-state index in [0.29, 0.717) is 42.7 Å². The summed E-state index contributed by atoms with van der Waals surface area (Å²) in [7, 11) is 0. The van der Waals surface area contributed by atoms with E-state index in [1.165, 1.54) is 18.2 Å². The molecule has 7 nitrogen and oxygen atoms in total. The Morgan fingerprint density at radius 1 is 0.966 bits per heavy atom. The molecule has 2 aromatic carbocycles. The molecule has 1 aliphatic rings. The average Bonchev–Trinajstić information content (AvgIpc) is 3.22. The Balaban J connectivity index is 1.32. The molecule has 4 rings (SSSR count). The molecule has 3 amide bonds. The number of amides is 3. The topological polar surface area (TPSA) is 78.4 Å². The molecule has 0 bridgehead atoms. The number of hydrogen-bond acceptors (Lipinski definition) is 5. The first-order valence-electron chi connectivity index (χ1n) is 9.10. The van der Waals surface area contributed by atoms with Crippen molar-refractivity contribution < 1.29 is 14.0 Å². The van der Waals surface area contributed by atoms with Gasteiger partial charge in [0, 0.05) is 48.8 Å². The third kappa shape index (κ3) is 4.40. The minimum atomic E-state index is -0.444. The summed E-state index contributed by atoms with van der Waals surface area (Å²) < 4.78 is 17.6. The second-order valence-electron chi connectivity index (χ2n) is 6.51. The van der Waals surface area contributed by atoms with Gasteiger partial charge < -0.3 is 9.80 Å². The summed E-state index contributed by atoms with van der Waals surface area (Å²) >= 11 is 1.12. The van der Waals surface area contributed by atoms with Crippen molar-refractivity contribution in [3.05, 3.63) is 66.0 Å². The number of piperazine rings is 1. The maximum Gasteiger partial charge on any atom is 0.323 e. The van der Waals surface area contributed by atoms with Crippen LogP contribution in [-0.2, 0) is 0 Å². The van der Waals surface area contributed by atoms with Crippen LogP contribution in [0.3, 0.4) is 0 Å². The molecule has 1 fully saturated rings. The van der Waals surface area contributed by atoms with Crippen LogP contribution in [0.2, 0.25) is 0 Å². The lowest BCUT2D eigenvalue weighted by Gasteiger charge is -2.34. The number of halogens is 1. The number of benzene rings is 2. The number of hydrogen-bond donors (Lipinski definition) is 1. The fourth-order valence-electron chi connectivity index (χ4n) is 3.07. The number of nitrogens with zero attached hydrogens (tertiary/aromatic N) is 4. The number of anilines is 1. The Morgan fingerprint density at radius 2 is 1.69 bits per heavy atom. The SMILES string of the molecule is O=C(Nc1nc(-c2ccccc2)ns1)N1CCN(C(=O)c2cccc(F)c2)CC1. The predicted molar refractivity (Wildman–Crippen MR) is 108 cm³/mol. The third-order valence-corrected chi connectivity index (χ3v) is 5.23. The van der Waals surface area contributed by atoms with Crippen LogP contribution in [0.4, 0.5) is 14.3 Å². The zero-order chi connectivity index (χ0) is 20.2. The van der Waals surface area contributed by atoms with Crippen LogP contribution < -0.4 is 5.32 Å². The van der Waals surface area contributed by atoms with Gasteiger partial charge in [-0.3, -0.25) is 10.1 Å². The van der Waals surface area contributed by atoms with E-state index in [1.54, 1.807) is 15.9 Å². The van der Waals surface area contributed by atoms with Gasteiger partial charge >= 0.3 is 6.03 Å². The van der Waals surface area contributed by atoms with Crippen molar-refractivity contribution in [2.24, 2.45) is 0 Å². The van der Waals surface area contributed by atoms with E-state index in [2.05, 4.69) is 14.7 Å². The molecule has 1 N–H and O–H groups in total. The van der Waals surface area contributed by atoms with E-state index >= 15 is 0 Å². The lowest BCUT2D eigenvalue weighted by Crippen LogP contribution is -2.51. The second-order valence-corrected chi connectivity index (χ2v) is 7.26. The Morgan fingerprint density at radius 3 is 2.41 bits per heavy atom. The number of nitrogens with one attached hydrogen (secondary N) is 1. The van der Waals surface area contributed by atoms with Crippen molar-refractivity contribution in [2.45, 2.75) is 0 Å². The molecule has 9 heteroatoms. The van der Waals surface area contributed by atoms with E-state index in [4.69, 9.17) is 0 Å². The summed E-state index contributed by atoms with van der Waals surface area (Å²) in [5.74, 6) is -0.113. The summed E-state index contributed by atoms with van der Waals surface area (Å²) in [6.07, 6.45) is 0. The van der Waals surface area contributed by atoms with Crippen molar-refractivity contribution in [1.82, 2.24) is 19.2 Å².